The van der Waals surface area contributed by atoms with Gasteiger partial charge in [0.05, 0.1) is 22.9 Å². The molecule has 1 heterocycles. The predicted octanol–water partition coefficient (Wildman–Crippen LogP) is 1.12. The average Bonchev–Trinajstić information content (AvgIpc) is 2.46. The largest absolute Gasteiger partial charge is 0.488 e. The molecule has 0 amide bonds. The second-order valence-electron chi connectivity index (χ2n) is 4.36. The highest BCUT2D eigenvalue weighted by Crippen LogP contribution is 2.21. The van der Waals surface area contributed by atoms with E-state index in [0.717, 1.165) is 0 Å². The third-order valence-corrected chi connectivity index (χ3v) is 3.01. The zero-order chi connectivity index (χ0) is 14.1. The maximum Gasteiger partial charge on any atom is 0.488 e. The Kier molecular flexibility index (Phi) is 3.18. The highest BCUT2D eigenvalue weighted by molar-refractivity contribution is 6.58. The molecule has 6 heteroatoms. The molecule has 0 aliphatic carbocycles. The molecule has 20 heavy (non-hydrogen) atoms. The molecule has 0 bridgehead atoms. The van der Waals surface area contributed by atoms with Crippen molar-refractivity contribution in [1.82, 2.24) is 9.97 Å². The number of nitrogens with zero attached hydrogens (tertiary/aromatic N) is 2. The fraction of sp³-hybridized carbons (Fsp3) is 0. The van der Waals surface area contributed by atoms with Gasteiger partial charge in [-0.15, -0.1) is 0 Å². The Morgan fingerprint density at radius 3 is 2.55 bits per heavy atom. The molecule has 0 aliphatic heterocycles. The summed E-state index contributed by atoms with van der Waals surface area (Å²) in [4.78, 5) is 8.53. The van der Waals surface area contributed by atoms with E-state index in [9.17, 15) is 4.39 Å². The Morgan fingerprint density at radius 2 is 1.80 bits per heavy atom. The van der Waals surface area contributed by atoms with Gasteiger partial charge in [-0.25, -0.2) is 9.37 Å². The number of halogens is 1. The second kappa shape index (κ2) is 4.99. The normalized spacial score (nSPS) is 10.8. The molecule has 0 saturated carbocycles. The van der Waals surface area contributed by atoms with Crippen molar-refractivity contribution in [2.45, 2.75) is 0 Å². The topological polar surface area (TPSA) is 66.2 Å². The summed E-state index contributed by atoms with van der Waals surface area (Å²) < 4.78 is 13.7. The molecular formula is C14H10BFN2O2. The highest BCUT2D eigenvalue weighted by Gasteiger charge is 2.13. The monoisotopic (exact) mass is 268 g/mol. The van der Waals surface area contributed by atoms with Crippen LogP contribution in [-0.2, 0) is 0 Å². The van der Waals surface area contributed by atoms with Crippen molar-refractivity contribution in [1.29, 1.82) is 0 Å². The smallest absolute Gasteiger partial charge is 0.423 e. The highest BCUT2D eigenvalue weighted by atomic mass is 19.1. The maximum atomic E-state index is 13.7. The minimum Gasteiger partial charge on any atom is -0.423 e. The Hall–Kier alpha value is -2.31. The summed E-state index contributed by atoms with van der Waals surface area (Å²) in [5.41, 5.74) is 2.17. The summed E-state index contributed by atoms with van der Waals surface area (Å²) in [5.74, 6) is -0.375. The standard InChI is InChI=1S/C14H10BFN2O2/c16-11-4-2-1-3-10(11)14-8-17-12-6-5-9(15(19)20)7-13(12)18-14/h1-8,19-20H. The molecule has 3 aromatic rings. The molecular weight excluding hydrogens is 258 g/mol. The van der Waals surface area contributed by atoms with Gasteiger partial charge in [0.25, 0.3) is 0 Å². The summed E-state index contributed by atoms with van der Waals surface area (Å²) >= 11 is 0. The van der Waals surface area contributed by atoms with Gasteiger partial charge in [0.15, 0.2) is 0 Å². The Bertz CT molecular complexity index is 780. The van der Waals surface area contributed by atoms with Gasteiger partial charge in [-0.2, -0.15) is 0 Å². The first-order valence-corrected chi connectivity index (χ1v) is 6.03. The molecule has 2 aromatic carbocycles. The van der Waals surface area contributed by atoms with Crippen LogP contribution in [0.1, 0.15) is 0 Å². The fourth-order valence-electron chi connectivity index (χ4n) is 1.99. The lowest BCUT2D eigenvalue weighted by Crippen LogP contribution is -2.29. The molecule has 98 valence electrons. The summed E-state index contributed by atoms with van der Waals surface area (Å²) in [5, 5.41) is 18.3. The van der Waals surface area contributed by atoms with E-state index in [1.165, 1.54) is 18.3 Å². The Morgan fingerprint density at radius 1 is 1.00 bits per heavy atom. The molecule has 0 unspecified atom stereocenters. The zero-order valence-electron chi connectivity index (χ0n) is 10.4. The first kappa shape index (κ1) is 12.7. The third kappa shape index (κ3) is 2.26. The third-order valence-electron chi connectivity index (χ3n) is 3.01. The van der Waals surface area contributed by atoms with Gasteiger partial charge in [0.2, 0.25) is 0 Å². The SMILES string of the molecule is OB(O)c1ccc2ncc(-c3ccccc3F)nc2c1. The number of hydrogen-bond donors (Lipinski definition) is 2. The molecule has 0 atom stereocenters. The number of rotatable bonds is 2. The summed E-state index contributed by atoms with van der Waals surface area (Å²) in [6.07, 6.45) is 1.50. The first-order valence-electron chi connectivity index (χ1n) is 6.03. The summed E-state index contributed by atoms with van der Waals surface area (Å²) in [6, 6.07) is 11.0. The molecule has 4 nitrogen and oxygen atoms in total. The van der Waals surface area contributed by atoms with Gasteiger partial charge in [-0.05, 0) is 29.7 Å². The van der Waals surface area contributed by atoms with Crippen LogP contribution in [0, 0.1) is 5.82 Å². The first-order chi connectivity index (χ1) is 9.65. The lowest BCUT2D eigenvalue weighted by molar-refractivity contribution is 0.426. The minimum absolute atomic E-state index is 0.317. The Balaban J connectivity index is 2.16. The van der Waals surface area contributed by atoms with Crippen molar-refractivity contribution >= 4 is 23.6 Å². The van der Waals surface area contributed by atoms with Crippen molar-refractivity contribution in [3.05, 3.63) is 54.5 Å². The molecule has 0 saturated heterocycles. The molecule has 3 rings (SSSR count). The van der Waals surface area contributed by atoms with Crippen molar-refractivity contribution in [2.24, 2.45) is 0 Å². The molecule has 0 radical (unpaired) electrons. The van der Waals surface area contributed by atoms with E-state index in [1.807, 2.05) is 0 Å². The van der Waals surface area contributed by atoms with Crippen LogP contribution in [-0.4, -0.2) is 27.1 Å². The van der Waals surface area contributed by atoms with Crippen LogP contribution in [0.25, 0.3) is 22.3 Å². The Labute approximate surface area is 114 Å². The van der Waals surface area contributed by atoms with Crippen LogP contribution >= 0.6 is 0 Å². The molecule has 1 aromatic heterocycles. The molecule has 0 fully saturated rings. The molecule has 2 N–H and O–H groups in total. The maximum absolute atomic E-state index is 13.7. The lowest BCUT2D eigenvalue weighted by atomic mass is 9.80. The number of benzene rings is 2. The fourth-order valence-corrected chi connectivity index (χ4v) is 1.99. The van der Waals surface area contributed by atoms with E-state index in [2.05, 4.69) is 9.97 Å². The van der Waals surface area contributed by atoms with Crippen molar-refractivity contribution in [3.8, 4) is 11.3 Å². The van der Waals surface area contributed by atoms with Crippen LogP contribution in [0.3, 0.4) is 0 Å². The van der Waals surface area contributed by atoms with Crippen LogP contribution in [0.5, 0.6) is 0 Å². The predicted molar refractivity (Wildman–Crippen MR) is 74.8 cm³/mol. The van der Waals surface area contributed by atoms with Crippen LogP contribution in [0.4, 0.5) is 4.39 Å². The van der Waals surface area contributed by atoms with Crippen LogP contribution in [0.15, 0.2) is 48.7 Å². The van der Waals surface area contributed by atoms with Gasteiger partial charge in [-0.3, -0.25) is 4.98 Å². The van der Waals surface area contributed by atoms with E-state index in [4.69, 9.17) is 10.0 Å². The minimum atomic E-state index is -1.57. The summed E-state index contributed by atoms with van der Waals surface area (Å²) in [6.45, 7) is 0. The zero-order valence-corrected chi connectivity index (χ0v) is 10.4. The lowest BCUT2D eigenvalue weighted by Gasteiger charge is -2.05. The van der Waals surface area contributed by atoms with Gasteiger partial charge in [0.1, 0.15) is 5.82 Å². The van der Waals surface area contributed by atoms with Crippen molar-refractivity contribution in [2.75, 3.05) is 0 Å². The van der Waals surface area contributed by atoms with Crippen LogP contribution in [0.2, 0.25) is 0 Å². The van der Waals surface area contributed by atoms with Crippen molar-refractivity contribution < 1.29 is 14.4 Å². The average molecular weight is 268 g/mol. The number of fused-ring (bicyclic) bond motifs is 1. The molecule has 0 spiro atoms. The van der Waals surface area contributed by atoms with Gasteiger partial charge >= 0.3 is 7.12 Å². The van der Waals surface area contributed by atoms with Gasteiger partial charge < -0.3 is 10.0 Å². The van der Waals surface area contributed by atoms with Gasteiger partial charge in [0, 0.05) is 5.56 Å². The van der Waals surface area contributed by atoms with E-state index in [0.29, 0.717) is 27.8 Å². The van der Waals surface area contributed by atoms with E-state index < -0.39 is 7.12 Å². The number of hydrogen-bond acceptors (Lipinski definition) is 4. The summed E-state index contributed by atoms with van der Waals surface area (Å²) in [7, 11) is -1.57. The van der Waals surface area contributed by atoms with Gasteiger partial charge in [-0.1, -0.05) is 18.2 Å². The van der Waals surface area contributed by atoms with E-state index in [-0.39, 0.29) is 5.82 Å². The van der Waals surface area contributed by atoms with Crippen LogP contribution < -0.4 is 5.46 Å². The van der Waals surface area contributed by atoms with Crippen molar-refractivity contribution in [3.63, 3.8) is 0 Å². The number of aromatic nitrogens is 2. The molecule has 0 aliphatic rings. The van der Waals surface area contributed by atoms with E-state index >= 15 is 0 Å². The second-order valence-corrected chi connectivity index (χ2v) is 4.36. The quantitative estimate of drug-likeness (QED) is 0.683. The van der Waals surface area contributed by atoms with E-state index in [1.54, 1.807) is 30.3 Å².